The summed E-state index contributed by atoms with van der Waals surface area (Å²) < 4.78 is 22.8. The second-order valence-electron chi connectivity index (χ2n) is 10.6. The molecule has 0 spiro atoms. The molecule has 2 heterocycles. The minimum atomic E-state index is -3.16. The molecular formula is C28H36N4O4S. The SMILES string of the molecule is CS(=O)(=O)CCNC(=O)N[C@@H]1CCCCC1C(=O)N1CC[C@@H]2[C@H](c3ccccc3)Nc3ccccc3[C@@H]21. The maximum absolute atomic E-state index is 14.1. The molecule has 3 aliphatic rings. The first kappa shape index (κ1) is 25.6. The van der Waals surface area contributed by atoms with E-state index < -0.39 is 15.9 Å². The molecule has 2 aromatic rings. The molecule has 2 aliphatic heterocycles. The molecule has 3 amide bonds. The minimum Gasteiger partial charge on any atom is -0.378 e. The van der Waals surface area contributed by atoms with E-state index in [1.165, 1.54) is 5.56 Å². The van der Waals surface area contributed by atoms with Gasteiger partial charge in [0.15, 0.2) is 0 Å². The summed E-state index contributed by atoms with van der Waals surface area (Å²) in [6, 6.07) is 18.2. The Morgan fingerprint density at radius 3 is 2.51 bits per heavy atom. The smallest absolute Gasteiger partial charge is 0.315 e. The van der Waals surface area contributed by atoms with E-state index in [9.17, 15) is 18.0 Å². The first-order chi connectivity index (χ1) is 17.8. The molecule has 1 saturated heterocycles. The number of carbonyl (C=O) groups excluding carboxylic acids is 2. The highest BCUT2D eigenvalue weighted by atomic mass is 32.2. The number of hydrogen-bond acceptors (Lipinski definition) is 5. The van der Waals surface area contributed by atoms with E-state index >= 15 is 0 Å². The third-order valence-corrected chi connectivity index (χ3v) is 9.01. The third kappa shape index (κ3) is 5.61. The number of sulfone groups is 1. The van der Waals surface area contributed by atoms with Crippen LogP contribution in [0.1, 0.15) is 55.3 Å². The summed E-state index contributed by atoms with van der Waals surface area (Å²) >= 11 is 0. The Morgan fingerprint density at radius 1 is 1.00 bits per heavy atom. The second kappa shape index (κ2) is 10.7. The van der Waals surface area contributed by atoms with Crippen molar-refractivity contribution < 1.29 is 18.0 Å². The highest BCUT2D eigenvalue weighted by Gasteiger charge is 2.48. The Morgan fingerprint density at radius 2 is 1.73 bits per heavy atom. The standard InChI is InChI=1S/C28H36N4O4S/c1-37(35,36)18-16-29-28(34)31-24-14-8-6-12-21(24)27(33)32-17-15-22-25(19-9-3-2-4-10-19)30-23-13-7-5-11-20(23)26(22)32/h2-5,7,9-11,13,21-22,24-26,30H,6,8,12,14-18H2,1H3,(H2,29,31,34)/t21?,22-,24-,25+,26+/m1/s1. The lowest BCUT2D eigenvalue weighted by molar-refractivity contribution is -0.138. The molecule has 0 aromatic heterocycles. The summed E-state index contributed by atoms with van der Waals surface area (Å²) in [6.45, 7) is 0.744. The first-order valence-corrected chi connectivity index (χ1v) is 15.3. The molecule has 8 nitrogen and oxygen atoms in total. The van der Waals surface area contributed by atoms with Crippen molar-refractivity contribution in [3.63, 3.8) is 0 Å². The molecule has 2 fully saturated rings. The van der Waals surface area contributed by atoms with Crippen molar-refractivity contribution in [3.05, 3.63) is 65.7 Å². The Labute approximate surface area is 219 Å². The van der Waals surface area contributed by atoms with Gasteiger partial charge in [-0.25, -0.2) is 13.2 Å². The predicted octanol–water partition coefficient (Wildman–Crippen LogP) is 3.65. The van der Waals surface area contributed by atoms with Gasteiger partial charge in [-0.15, -0.1) is 0 Å². The van der Waals surface area contributed by atoms with Crippen LogP contribution in [0.3, 0.4) is 0 Å². The van der Waals surface area contributed by atoms with E-state index in [1.807, 2.05) is 18.2 Å². The van der Waals surface area contributed by atoms with Crippen LogP contribution in [-0.2, 0) is 14.6 Å². The Bertz CT molecular complexity index is 1240. The Balaban J connectivity index is 1.35. The van der Waals surface area contributed by atoms with Gasteiger partial charge in [0, 0.05) is 37.0 Å². The van der Waals surface area contributed by atoms with Gasteiger partial charge in [-0.1, -0.05) is 61.4 Å². The Hall–Kier alpha value is -3.07. The summed E-state index contributed by atoms with van der Waals surface area (Å²) in [5.74, 6) is -0.0292. The van der Waals surface area contributed by atoms with Gasteiger partial charge in [0.2, 0.25) is 5.91 Å². The molecule has 2 aromatic carbocycles. The van der Waals surface area contributed by atoms with Crippen molar-refractivity contribution >= 4 is 27.5 Å². The second-order valence-corrected chi connectivity index (χ2v) is 12.8. The number of carbonyl (C=O) groups is 2. The monoisotopic (exact) mass is 524 g/mol. The number of nitrogens with one attached hydrogen (secondary N) is 3. The summed E-state index contributed by atoms with van der Waals surface area (Å²) in [5, 5.41) is 9.36. The summed E-state index contributed by atoms with van der Waals surface area (Å²) in [4.78, 5) is 28.7. The summed E-state index contributed by atoms with van der Waals surface area (Å²) in [5.41, 5.74) is 3.45. The average molecular weight is 525 g/mol. The lowest BCUT2D eigenvalue weighted by Crippen LogP contribution is -2.52. The van der Waals surface area contributed by atoms with E-state index in [0.717, 1.165) is 49.6 Å². The molecule has 5 atom stereocenters. The van der Waals surface area contributed by atoms with Crippen LogP contribution in [0.4, 0.5) is 10.5 Å². The molecule has 198 valence electrons. The molecule has 37 heavy (non-hydrogen) atoms. The molecule has 1 saturated carbocycles. The quantitative estimate of drug-likeness (QED) is 0.535. The number of fused-ring (bicyclic) bond motifs is 3. The highest BCUT2D eigenvalue weighted by molar-refractivity contribution is 7.90. The van der Waals surface area contributed by atoms with Crippen molar-refractivity contribution in [2.45, 2.75) is 50.2 Å². The van der Waals surface area contributed by atoms with Gasteiger partial charge in [-0.3, -0.25) is 4.79 Å². The largest absolute Gasteiger partial charge is 0.378 e. The maximum Gasteiger partial charge on any atom is 0.315 e. The van der Waals surface area contributed by atoms with Gasteiger partial charge >= 0.3 is 6.03 Å². The lowest BCUT2D eigenvalue weighted by atomic mass is 9.79. The zero-order valence-corrected chi connectivity index (χ0v) is 22.0. The number of rotatable bonds is 6. The van der Waals surface area contributed by atoms with Crippen LogP contribution in [0.5, 0.6) is 0 Å². The topological polar surface area (TPSA) is 108 Å². The highest BCUT2D eigenvalue weighted by Crippen LogP contribution is 2.51. The fourth-order valence-electron chi connectivity index (χ4n) is 6.34. The summed E-state index contributed by atoms with van der Waals surface area (Å²) in [7, 11) is -3.16. The minimum absolute atomic E-state index is 0.0127. The molecule has 9 heteroatoms. The number of benzene rings is 2. The normalized spacial score (nSPS) is 26.9. The molecule has 1 aliphatic carbocycles. The Kier molecular flexibility index (Phi) is 7.42. The van der Waals surface area contributed by atoms with Crippen LogP contribution in [0.15, 0.2) is 54.6 Å². The number of likely N-dealkylation sites (tertiary alicyclic amines) is 1. The number of nitrogens with zero attached hydrogens (tertiary/aromatic N) is 1. The van der Waals surface area contributed by atoms with Gasteiger partial charge in [0.25, 0.3) is 0 Å². The molecule has 0 bridgehead atoms. The van der Waals surface area contributed by atoms with Crippen LogP contribution in [0, 0.1) is 11.8 Å². The number of anilines is 1. The lowest BCUT2D eigenvalue weighted by Gasteiger charge is -2.42. The van der Waals surface area contributed by atoms with Crippen molar-refractivity contribution in [3.8, 4) is 0 Å². The van der Waals surface area contributed by atoms with Gasteiger partial charge in [-0.2, -0.15) is 0 Å². The van der Waals surface area contributed by atoms with Crippen LogP contribution in [0.25, 0.3) is 0 Å². The number of hydrogen-bond donors (Lipinski definition) is 3. The van der Waals surface area contributed by atoms with E-state index in [0.29, 0.717) is 6.54 Å². The van der Waals surface area contributed by atoms with E-state index in [2.05, 4.69) is 57.2 Å². The van der Waals surface area contributed by atoms with Crippen LogP contribution < -0.4 is 16.0 Å². The zero-order chi connectivity index (χ0) is 26.0. The van der Waals surface area contributed by atoms with E-state index in [4.69, 9.17) is 0 Å². The van der Waals surface area contributed by atoms with Crippen molar-refractivity contribution in [1.82, 2.24) is 15.5 Å². The fourth-order valence-corrected chi connectivity index (χ4v) is 6.82. The van der Waals surface area contributed by atoms with Gasteiger partial charge < -0.3 is 20.9 Å². The van der Waals surface area contributed by atoms with E-state index in [1.54, 1.807) is 0 Å². The molecule has 1 unspecified atom stereocenters. The van der Waals surface area contributed by atoms with Gasteiger partial charge in [0.1, 0.15) is 9.84 Å². The van der Waals surface area contributed by atoms with Crippen LogP contribution >= 0.6 is 0 Å². The number of urea groups is 1. The molecular weight excluding hydrogens is 488 g/mol. The first-order valence-electron chi connectivity index (χ1n) is 13.2. The van der Waals surface area contributed by atoms with Crippen LogP contribution in [-0.4, -0.2) is 56.4 Å². The molecule has 0 radical (unpaired) electrons. The predicted molar refractivity (Wildman–Crippen MR) is 144 cm³/mol. The fraction of sp³-hybridized carbons (Fsp3) is 0.500. The van der Waals surface area contributed by atoms with Crippen molar-refractivity contribution in [2.75, 3.05) is 30.4 Å². The molecule has 5 rings (SSSR count). The maximum atomic E-state index is 14.1. The average Bonchev–Trinajstić information content (AvgIpc) is 3.33. The zero-order valence-electron chi connectivity index (χ0n) is 21.2. The third-order valence-electron chi connectivity index (χ3n) is 8.06. The van der Waals surface area contributed by atoms with Crippen LogP contribution in [0.2, 0.25) is 0 Å². The summed E-state index contributed by atoms with van der Waals surface area (Å²) in [6.07, 6.45) is 5.44. The van der Waals surface area contributed by atoms with Crippen molar-refractivity contribution in [1.29, 1.82) is 0 Å². The number of para-hydroxylation sites is 1. The van der Waals surface area contributed by atoms with Gasteiger partial charge in [0.05, 0.1) is 23.8 Å². The van der Waals surface area contributed by atoms with Gasteiger partial charge in [-0.05, 0) is 36.5 Å². The van der Waals surface area contributed by atoms with Crippen molar-refractivity contribution in [2.24, 2.45) is 11.8 Å². The van der Waals surface area contributed by atoms with E-state index in [-0.39, 0.29) is 48.2 Å². The number of amides is 3. The molecule has 3 N–H and O–H groups in total.